The minimum absolute atomic E-state index is 0.715. The Morgan fingerprint density at radius 2 is 2.39 bits per heavy atom. The summed E-state index contributed by atoms with van der Waals surface area (Å²) >= 11 is 2.07. The summed E-state index contributed by atoms with van der Waals surface area (Å²) in [5.41, 5.74) is 2.10. The Hall–Kier alpha value is -1.23. The molecular formula is C13H18N4S. The molecule has 1 unspecified atom stereocenters. The Morgan fingerprint density at radius 1 is 1.44 bits per heavy atom. The van der Waals surface area contributed by atoms with Crippen LogP contribution < -0.4 is 5.32 Å². The molecule has 4 nitrogen and oxygen atoms in total. The average Bonchev–Trinajstić information content (AvgIpc) is 2.79. The molecule has 5 heteroatoms. The molecule has 1 aliphatic heterocycles. The van der Waals surface area contributed by atoms with Gasteiger partial charge in [-0.25, -0.2) is 4.52 Å². The average molecular weight is 262 g/mol. The van der Waals surface area contributed by atoms with Crippen molar-refractivity contribution < 1.29 is 0 Å². The van der Waals surface area contributed by atoms with E-state index in [-0.39, 0.29) is 0 Å². The first-order valence-electron chi connectivity index (χ1n) is 6.50. The van der Waals surface area contributed by atoms with Crippen molar-refractivity contribution in [1.82, 2.24) is 14.6 Å². The molecular weight excluding hydrogens is 244 g/mol. The summed E-state index contributed by atoms with van der Waals surface area (Å²) in [5, 5.41) is 8.52. The Labute approximate surface area is 111 Å². The van der Waals surface area contributed by atoms with Gasteiger partial charge in [-0.1, -0.05) is 12.5 Å². The number of thioether (sulfide) groups is 1. The molecule has 0 bridgehead atoms. The van der Waals surface area contributed by atoms with Crippen LogP contribution in [0.15, 0.2) is 18.3 Å². The molecule has 3 rings (SSSR count). The van der Waals surface area contributed by atoms with Gasteiger partial charge < -0.3 is 5.32 Å². The van der Waals surface area contributed by atoms with Crippen molar-refractivity contribution in [2.75, 3.05) is 17.6 Å². The molecule has 1 saturated heterocycles. The van der Waals surface area contributed by atoms with Gasteiger partial charge in [0.25, 0.3) is 0 Å². The van der Waals surface area contributed by atoms with Gasteiger partial charge in [0.05, 0.1) is 0 Å². The highest BCUT2D eigenvalue weighted by atomic mass is 32.2. The third-order valence-corrected chi connectivity index (χ3v) is 4.64. The van der Waals surface area contributed by atoms with Crippen LogP contribution in [0.25, 0.3) is 5.65 Å². The smallest absolute Gasteiger partial charge is 0.243 e. The van der Waals surface area contributed by atoms with Gasteiger partial charge in [-0.15, -0.1) is 5.10 Å². The molecule has 0 amide bonds. The second kappa shape index (κ2) is 5.18. The highest BCUT2D eigenvalue weighted by molar-refractivity contribution is 7.99. The highest BCUT2D eigenvalue weighted by Crippen LogP contribution is 2.24. The molecule has 96 valence electrons. The predicted octanol–water partition coefficient (Wildman–Crippen LogP) is 2.74. The SMILES string of the molecule is Cc1ccc2nc(NCC3CCCCS3)nn2c1. The summed E-state index contributed by atoms with van der Waals surface area (Å²) in [6.07, 6.45) is 6.04. The first kappa shape index (κ1) is 11.8. The van der Waals surface area contributed by atoms with Crippen molar-refractivity contribution in [2.24, 2.45) is 0 Å². The van der Waals surface area contributed by atoms with Crippen molar-refractivity contribution >= 4 is 23.4 Å². The van der Waals surface area contributed by atoms with Gasteiger partial charge in [-0.2, -0.15) is 16.7 Å². The fraction of sp³-hybridized carbons (Fsp3) is 0.538. The lowest BCUT2D eigenvalue weighted by Gasteiger charge is -2.20. The van der Waals surface area contributed by atoms with E-state index in [1.165, 1.54) is 30.6 Å². The van der Waals surface area contributed by atoms with Crippen molar-refractivity contribution in [1.29, 1.82) is 0 Å². The molecule has 1 fully saturated rings. The quantitative estimate of drug-likeness (QED) is 0.923. The van der Waals surface area contributed by atoms with Crippen molar-refractivity contribution in [2.45, 2.75) is 31.4 Å². The van der Waals surface area contributed by atoms with Crippen LogP contribution in [0.4, 0.5) is 5.95 Å². The third-order valence-electron chi connectivity index (χ3n) is 3.24. The molecule has 0 aromatic carbocycles. The van der Waals surface area contributed by atoms with E-state index in [0.717, 1.165) is 18.1 Å². The fourth-order valence-electron chi connectivity index (χ4n) is 2.23. The molecule has 2 aromatic heterocycles. The zero-order valence-electron chi connectivity index (χ0n) is 10.6. The monoisotopic (exact) mass is 262 g/mol. The van der Waals surface area contributed by atoms with Crippen LogP contribution in [-0.2, 0) is 0 Å². The molecule has 0 saturated carbocycles. The number of aromatic nitrogens is 3. The zero-order valence-corrected chi connectivity index (χ0v) is 11.4. The fourth-order valence-corrected chi connectivity index (χ4v) is 3.47. The number of nitrogens with one attached hydrogen (secondary N) is 1. The van der Waals surface area contributed by atoms with Gasteiger partial charge in [0.2, 0.25) is 5.95 Å². The first-order valence-corrected chi connectivity index (χ1v) is 7.55. The third kappa shape index (κ3) is 2.61. The summed E-state index contributed by atoms with van der Waals surface area (Å²) in [6.45, 7) is 3.04. The molecule has 18 heavy (non-hydrogen) atoms. The van der Waals surface area contributed by atoms with Crippen LogP contribution in [0.3, 0.4) is 0 Å². The zero-order chi connectivity index (χ0) is 12.4. The molecule has 1 aliphatic rings. The Balaban J connectivity index is 1.67. The summed E-state index contributed by atoms with van der Waals surface area (Å²) in [7, 11) is 0. The van der Waals surface area contributed by atoms with Crippen LogP contribution >= 0.6 is 11.8 Å². The van der Waals surface area contributed by atoms with Crippen molar-refractivity contribution in [3.63, 3.8) is 0 Å². The summed E-state index contributed by atoms with van der Waals surface area (Å²) in [5.74, 6) is 2.04. The Morgan fingerprint density at radius 3 is 3.22 bits per heavy atom. The summed E-state index contributed by atoms with van der Waals surface area (Å²) in [4.78, 5) is 4.47. The standard InChI is InChI=1S/C13H18N4S/c1-10-5-6-12-15-13(16-17(12)9-10)14-8-11-4-2-3-7-18-11/h5-6,9,11H,2-4,7-8H2,1H3,(H,14,16). The van der Waals surface area contributed by atoms with E-state index >= 15 is 0 Å². The number of hydrogen-bond donors (Lipinski definition) is 1. The van der Waals surface area contributed by atoms with Gasteiger partial charge in [0, 0.05) is 18.0 Å². The van der Waals surface area contributed by atoms with E-state index in [2.05, 4.69) is 40.2 Å². The number of hydrogen-bond acceptors (Lipinski definition) is 4. The van der Waals surface area contributed by atoms with Gasteiger partial charge in [0.15, 0.2) is 5.65 Å². The highest BCUT2D eigenvalue weighted by Gasteiger charge is 2.14. The number of fused-ring (bicyclic) bond motifs is 1. The largest absolute Gasteiger partial charge is 0.352 e. The van der Waals surface area contributed by atoms with E-state index in [1.54, 1.807) is 0 Å². The van der Waals surface area contributed by atoms with Gasteiger partial charge >= 0.3 is 0 Å². The van der Waals surface area contributed by atoms with Crippen molar-refractivity contribution in [3.05, 3.63) is 23.9 Å². The van der Waals surface area contributed by atoms with E-state index < -0.39 is 0 Å². The van der Waals surface area contributed by atoms with Crippen molar-refractivity contribution in [3.8, 4) is 0 Å². The molecule has 0 spiro atoms. The lowest BCUT2D eigenvalue weighted by atomic mass is 10.2. The Kier molecular flexibility index (Phi) is 3.41. The molecule has 2 aromatic rings. The maximum atomic E-state index is 4.47. The maximum absolute atomic E-state index is 4.47. The number of rotatable bonds is 3. The van der Waals surface area contributed by atoms with Gasteiger partial charge in [0.1, 0.15) is 0 Å². The van der Waals surface area contributed by atoms with E-state index in [4.69, 9.17) is 0 Å². The van der Waals surface area contributed by atoms with Crippen LogP contribution in [0.2, 0.25) is 0 Å². The molecule has 0 radical (unpaired) electrons. The lowest BCUT2D eigenvalue weighted by Crippen LogP contribution is -2.20. The van der Waals surface area contributed by atoms with Gasteiger partial charge in [-0.3, -0.25) is 0 Å². The number of anilines is 1. The second-order valence-corrected chi connectivity index (χ2v) is 6.22. The minimum atomic E-state index is 0.715. The second-order valence-electron chi connectivity index (χ2n) is 4.81. The molecule has 1 N–H and O–H groups in total. The number of aryl methyl sites for hydroxylation is 1. The molecule has 1 atom stereocenters. The molecule has 3 heterocycles. The normalized spacial score (nSPS) is 20.2. The number of pyridine rings is 1. The molecule has 0 aliphatic carbocycles. The lowest BCUT2D eigenvalue weighted by molar-refractivity contribution is 0.676. The topological polar surface area (TPSA) is 42.2 Å². The predicted molar refractivity (Wildman–Crippen MR) is 76.3 cm³/mol. The summed E-state index contributed by atoms with van der Waals surface area (Å²) in [6, 6.07) is 4.06. The maximum Gasteiger partial charge on any atom is 0.243 e. The first-order chi connectivity index (χ1) is 8.81. The van der Waals surface area contributed by atoms with E-state index in [9.17, 15) is 0 Å². The van der Waals surface area contributed by atoms with Crippen LogP contribution in [0.1, 0.15) is 24.8 Å². The van der Waals surface area contributed by atoms with Crippen LogP contribution in [-0.4, -0.2) is 32.1 Å². The van der Waals surface area contributed by atoms with E-state index in [1.807, 2.05) is 16.8 Å². The summed E-state index contributed by atoms with van der Waals surface area (Å²) < 4.78 is 1.84. The Bertz CT molecular complexity index is 531. The number of nitrogens with zero attached hydrogens (tertiary/aromatic N) is 3. The van der Waals surface area contributed by atoms with E-state index in [0.29, 0.717) is 5.25 Å². The minimum Gasteiger partial charge on any atom is -0.352 e. The van der Waals surface area contributed by atoms with Crippen LogP contribution in [0, 0.1) is 6.92 Å². The van der Waals surface area contributed by atoms with Crippen LogP contribution in [0.5, 0.6) is 0 Å². The van der Waals surface area contributed by atoms with Gasteiger partial charge in [-0.05, 0) is 37.1 Å².